The van der Waals surface area contributed by atoms with Gasteiger partial charge in [0.25, 0.3) is 0 Å². The predicted octanol–water partition coefficient (Wildman–Crippen LogP) is 2.54. The second-order valence-electron chi connectivity index (χ2n) is 3.08. The van der Waals surface area contributed by atoms with Crippen LogP contribution in [0.15, 0.2) is 24.3 Å². The van der Waals surface area contributed by atoms with Crippen molar-refractivity contribution in [1.29, 1.82) is 0 Å². The van der Waals surface area contributed by atoms with Crippen LogP contribution in [0.3, 0.4) is 0 Å². The molecule has 5 heteroatoms. The Kier molecular flexibility index (Phi) is 5.00. The second-order valence-corrected chi connectivity index (χ2v) is 3.08. The lowest BCUT2D eigenvalue weighted by atomic mass is 10.3. The number of rotatable bonds is 4. The lowest BCUT2D eigenvalue weighted by Gasteiger charge is -2.05. The molecule has 0 fully saturated rings. The average Bonchev–Trinajstić information content (AvgIpc) is 2.32. The maximum atomic E-state index is 11.0. The first-order chi connectivity index (χ1) is 8.15. The van der Waals surface area contributed by atoms with Gasteiger partial charge in [-0.1, -0.05) is 6.92 Å². The largest absolute Gasteiger partial charge is 0.513 e. The van der Waals surface area contributed by atoms with Crippen LogP contribution in [-0.4, -0.2) is 18.7 Å². The molecule has 0 atom stereocenters. The van der Waals surface area contributed by atoms with Crippen LogP contribution in [0.2, 0.25) is 0 Å². The molecule has 1 aromatic carbocycles. The molecule has 17 heavy (non-hydrogen) atoms. The molecule has 1 rings (SSSR count). The first-order valence-electron chi connectivity index (χ1n) is 5.31. The molecule has 0 aliphatic carbocycles. The first-order valence-corrected chi connectivity index (χ1v) is 5.31. The van der Waals surface area contributed by atoms with Gasteiger partial charge in [-0.3, -0.25) is 4.79 Å². The summed E-state index contributed by atoms with van der Waals surface area (Å²) in [7, 11) is 0. The molecule has 0 N–H and O–H groups in total. The minimum atomic E-state index is -0.759. The molecular formula is C12H14O5. The van der Waals surface area contributed by atoms with Gasteiger partial charge >= 0.3 is 12.1 Å². The maximum Gasteiger partial charge on any atom is 0.513 e. The molecule has 92 valence electrons. The van der Waals surface area contributed by atoms with Gasteiger partial charge in [0.15, 0.2) is 0 Å². The molecule has 0 aliphatic heterocycles. The Morgan fingerprint density at radius 2 is 1.53 bits per heavy atom. The van der Waals surface area contributed by atoms with Gasteiger partial charge in [0.1, 0.15) is 11.5 Å². The third-order valence-electron chi connectivity index (χ3n) is 1.81. The summed E-state index contributed by atoms with van der Waals surface area (Å²) >= 11 is 0. The van der Waals surface area contributed by atoms with E-state index in [0.717, 1.165) is 0 Å². The maximum absolute atomic E-state index is 11.0. The molecule has 0 bridgehead atoms. The molecule has 1 aromatic rings. The van der Waals surface area contributed by atoms with Gasteiger partial charge in [0.2, 0.25) is 0 Å². The van der Waals surface area contributed by atoms with Crippen LogP contribution in [0.1, 0.15) is 20.3 Å². The lowest BCUT2D eigenvalue weighted by Crippen LogP contribution is -2.10. The van der Waals surface area contributed by atoms with Gasteiger partial charge in [0.05, 0.1) is 6.61 Å². The van der Waals surface area contributed by atoms with Crippen molar-refractivity contribution in [2.24, 2.45) is 0 Å². The van der Waals surface area contributed by atoms with Crippen LogP contribution in [0, 0.1) is 0 Å². The smallest absolute Gasteiger partial charge is 0.434 e. The highest BCUT2D eigenvalue weighted by atomic mass is 16.7. The van der Waals surface area contributed by atoms with Crippen molar-refractivity contribution in [3.63, 3.8) is 0 Å². The normalized spacial score (nSPS) is 9.53. The fourth-order valence-corrected chi connectivity index (χ4v) is 1.02. The third-order valence-corrected chi connectivity index (χ3v) is 1.81. The predicted molar refractivity (Wildman–Crippen MR) is 60.0 cm³/mol. The van der Waals surface area contributed by atoms with Crippen LogP contribution in [0.25, 0.3) is 0 Å². The number of carbonyl (C=O) groups is 2. The van der Waals surface area contributed by atoms with Crippen molar-refractivity contribution in [1.82, 2.24) is 0 Å². The molecule has 5 nitrogen and oxygen atoms in total. The Morgan fingerprint density at radius 1 is 1.00 bits per heavy atom. The van der Waals surface area contributed by atoms with E-state index < -0.39 is 6.16 Å². The summed E-state index contributed by atoms with van der Waals surface area (Å²) in [5, 5.41) is 0. The topological polar surface area (TPSA) is 61.8 Å². The molecule has 0 radical (unpaired) electrons. The van der Waals surface area contributed by atoms with Crippen molar-refractivity contribution in [3.8, 4) is 11.5 Å². The summed E-state index contributed by atoms with van der Waals surface area (Å²) in [5.41, 5.74) is 0. The summed E-state index contributed by atoms with van der Waals surface area (Å²) in [6, 6.07) is 6.13. The number of esters is 1. The zero-order chi connectivity index (χ0) is 12.7. The van der Waals surface area contributed by atoms with Crippen LogP contribution in [0.4, 0.5) is 4.79 Å². The van der Waals surface area contributed by atoms with Crippen molar-refractivity contribution in [3.05, 3.63) is 24.3 Å². The Balaban J connectivity index is 2.55. The zero-order valence-electron chi connectivity index (χ0n) is 9.76. The molecule has 0 unspecified atom stereocenters. The van der Waals surface area contributed by atoms with Crippen LogP contribution in [0.5, 0.6) is 11.5 Å². The van der Waals surface area contributed by atoms with Gasteiger partial charge in [-0.25, -0.2) is 4.79 Å². The van der Waals surface area contributed by atoms with E-state index in [1.165, 1.54) is 12.1 Å². The summed E-state index contributed by atoms with van der Waals surface area (Å²) in [5.74, 6) is 0.428. The van der Waals surface area contributed by atoms with Crippen LogP contribution < -0.4 is 9.47 Å². The number of ether oxygens (including phenoxy) is 3. The van der Waals surface area contributed by atoms with E-state index >= 15 is 0 Å². The summed E-state index contributed by atoms with van der Waals surface area (Å²) < 4.78 is 14.4. The quantitative estimate of drug-likeness (QED) is 0.458. The van der Waals surface area contributed by atoms with Crippen molar-refractivity contribution >= 4 is 12.1 Å². The SMILES string of the molecule is CCOC(=O)Oc1ccc(OC(=O)CC)cc1. The van der Waals surface area contributed by atoms with Gasteiger partial charge < -0.3 is 14.2 Å². The van der Waals surface area contributed by atoms with E-state index in [1.807, 2.05) is 0 Å². The van der Waals surface area contributed by atoms with E-state index in [2.05, 4.69) is 4.74 Å². The minimum absolute atomic E-state index is 0.255. The molecule has 0 amide bonds. The Bertz CT molecular complexity index is 382. The standard InChI is InChI=1S/C12H14O5/c1-3-11(13)16-9-5-7-10(8-6-9)17-12(14)15-4-2/h5-8H,3-4H2,1-2H3. The third kappa shape index (κ3) is 4.55. The summed E-state index contributed by atoms with van der Waals surface area (Å²) in [6.07, 6.45) is -0.452. The Morgan fingerprint density at radius 3 is 2.00 bits per heavy atom. The lowest BCUT2D eigenvalue weighted by molar-refractivity contribution is -0.134. The van der Waals surface area contributed by atoms with Gasteiger partial charge in [-0.05, 0) is 31.2 Å². The number of carbonyl (C=O) groups excluding carboxylic acids is 2. The zero-order valence-corrected chi connectivity index (χ0v) is 9.76. The molecule has 0 heterocycles. The molecular weight excluding hydrogens is 224 g/mol. The molecule has 0 spiro atoms. The highest BCUT2D eigenvalue weighted by Crippen LogP contribution is 2.18. The summed E-state index contributed by atoms with van der Waals surface area (Å²) in [6.45, 7) is 3.65. The van der Waals surface area contributed by atoms with Gasteiger partial charge in [0, 0.05) is 6.42 Å². The van der Waals surface area contributed by atoms with E-state index in [1.54, 1.807) is 26.0 Å². The molecule has 0 saturated carbocycles. The van der Waals surface area contributed by atoms with E-state index in [9.17, 15) is 9.59 Å². The molecule has 0 saturated heterocycles. The van der Waals surface area contributed by atoms with E-state index in [0.29, 0.717) is 17.9 Å². The molecule has 0 aromatic heterocycles. The van der Waals surface area contributed by atoms with Crippen molar-refractivity contribution < 1.29 is 23.8 Å². The van der Waals surface area contributed by atoms with Gasteiger partial charge in [-0.2, -0.15) is 0 Å². The average molecular weight is 238 g/mol. The summed E-state index contributed by atoms with van der Waals surface area (Å²) in [4.78, 5) is 22.0. The number of hydrogen-bond acceptors (Lipinski definition) is 5. The Hall–Kier alpha value is -2.04. The van der Waals surface area contributed by atoms with Gasteiger partial charge in [-0.15, -0.1) is 0 Å². The Labute approximate surface area is 99.3 Å². The number of hydrogen-bond donors (Lipinski definition) is 0. The first kappa shape index (κ1) is 13.0. The van der Waals surface area contributed by atoms with Crippen LogP contribution in [-0.2, 0) is 9.53 Å². The minimum Gasteiger partial charge on any atom is -0.434 e. The monoisotopic (exact) mass is 238 g/mol. The van der Waals surface area contributed by atoms with Crippen molar-refractivity contribution in [2.75, 3.05) is 6.61 Å². The molecule has 0 aliphatic rings. The number of benzene rings is 1. The fourth-order valence-electron chi connectivity index (χ4n) is 1.02. The second kappa shape index (κ2) is 6.52. The highest BCUT2D eigenvalue weighted by molar-refractivity contribution is 5.72. The van der Waals surface area contributed by atoms with E-state index in [-0.39, 0.29) is 12.6 Å². The van der Waals surface area contributed by atoms with Crippen LogP contribution >= 0.6 is 0 Å². The van der Waals surface area contributed by atoms with Crippen molar-refractivity contribution in [2.45, 2.75) is 20.3 Å². The fraction of sp³-hybridized carbons (Fsp3) is 0.333. The van der Waals surface area contributed by atoms with E-state index in [4.69, 9.17) is 9.47 Å². The highest BCUT2D eigenvalue weighted by Gasteiger charge is 2.06.